The third-order valence-electron chi connectivity index (χ3n) is 3.23. The van der Waals surface area contributed by atoms with Crippen molar-refractivity contribution < 1.29 is 4.39 Å². The van der Waals surface area contributed by atoms with Gasteiger partial charge in [0.25, 0.3) is 0 Å². The van der Waals surface area contributed by atoms with Crippen LogP contribution in [0.5, 0.6) is 0 Å². The van der Waals surface area contributed by atoms with Crippen LogP contribution >= 0.6 is 0 Å². The van der Waals surface area contributed by atoms with Crippen LogP contribution in [0.1, 0.15) is 37.4 Å². The summed E-state index contributed by atoms with van der Waals surface area (Å²) in [6.07, 6.45) is 0.422. The molecule has 0 bridgehead atoms. The van der Waals surface area contributed by atoms with E-state index in [0.717, 1.165) is 11.3 Å². The molecule has 0 fully saturated rings. The second kappa shape index (κ2) is 5.83. The molecular weight excluding hydrogens is 229 g/mol. The van der Waals surface area contributed by atoms with E-state index in [9.17, 15) is 4.39 Å². The summed E-state index contributed by atoms with van der Waals surface area (Å²) < 4.78 is 13.6. The van der Waals surface area contributed by atoms with E-state index in [-0.39, 0.29) is 17.9 Å². The number of hydrogen-bond acceptors (Lipinski definition) is 3. The maximum Gasteiger partial charge on any atom is 0.126 e. The number of anilines is 1. The molecule has 1 unspecified atom stereocenters. The highest BCUT2D eigenvalue weighted by atomic mass is 19.1. The Morgan fingerprint density at radius 2 is 2.06 bits per heavy atom. The average molecular weight is 249 g/mol. The second-order valence-corrected chi connectivity index (χ2v) is 4.77. The fraction of sp³-hybridized carbons (Fsp3) is 0.500. The number of halogens is 1. The van der Waals surface area contributed by atoms with Crippen LogP contribution in [0.4, 0.5) is 10.1 Å². The van der Waals surface area contributed by atoms with Crippen molar-refractivity contribution in [2.45, 2.75) is 39.3 Å². The van der Waals surface area contributed by atoms with Gasteiger partial charge in [-0.3, -0.25) is 0 Å². The summed E-state index contributed by atoms with van der Waals surface area (Å²) >= 11 is 0. The van der Waals surface area contributed by atoms with Crippen molar-refractivity contribution in [2.24, 2.45) is 5.73 Å². The molecule has 1 rings (SSSR count). The van der Waals surface area contributed by atoms with Crippen LogP contribution < -0.4 is 10.6 Å². The first-order valence-electron chi connectivity index (χ1n) is 6.03. The molecule has 98 valence electrons. The van der Waals surface area contributed by atoms with Crippen molar-refractivity contribution in [3.63, 3.8) is 0 Å². The first-order chi connectivity index (χ1) is 8.38. The number of aryl methyl sites for hydroxylation is 1. The summed E-state index contributed by atoms with van der Waals surface area (Å²) in [6, 6.07) is 5.25. The van der Waals surface area contributed by atoms with Gasteiger partial charge in [0.15, 0.2) is 0 Å². The van der Waals surface area contributed by atoms with Gasteiger partial charge in [-0.2, -0.15) is 5.26 Å². The van der Waals surface area contributed by atoms with Crippen molar-refractivity contribution in [3.05, 3.63) is 29.1 Å². The molecule has 3 nitrogen and oxygen atoms in total. The van der Waals surface area contributed by atoms with Gasteiger partial charge in [0.05, 0.1) is 12.5 Å². The Balaban J connectivity index is 3.22. The summed E-state index contributed by atoms with van der Waals surface area (Å²) in [4.78, 5) is 1.98. The number of hydrogen-bond donors (Lipinski definition) is 1. The largest absolute Gasteiger partial charge is 0.371 e. The van der Waals surface area contributed by atoms with E-state index in [1.165, 1.54) is 6.07 Å². The Bertz CT molecular complexity index is 463. The van der Waals surface area contributed by atoms with Crippen LogP contribution in [0, 0.1) is 24.1 Å². The lowest BCUT2D eigenvalue weighted by Crippen LogP contribution is -2.30. The highest BCUT2D eigenvalue weighted by Crippen LogP contribution is 2.29. The molecule has 2 atom stereocenters. The maximum atomic E-state index is 13.6. The first kappa shape index (κ1) is 14.5. The monoisotopic (exact) mass is 249 g/mol. The van der Waals surface area contributed by atoms with E-state index in [1.807, 2.05) is 25.8 Å². The molecule has 0 heterocycles. The molecule has 1 aromatic carbocycles. The average Bonchev–Trinajstić information content (AvgIpc) is 2.31. The van der Waals surface area contributed by atoms with Crippen LogP contribution in [-0.2, 0) is 0 Å². The molecular formula is C14H20FN3. The van der Waals surface area contributed by atoms with E-state index in [2.05, 4.69) is 6.07 Å². The summed E-state index contributed by atoms with van der Waals surface area (Å²) in [5.74, 6) is -0.243. The van der Waals surface area contributed by atoms with Crippen LogP contribution in [0.3, 0.4) is 0 Å². The highest BCUT2D eigenvalue weighted by Gasteiger charge is 2.17. The molecule has 0 spiro atoms. The third-order valence-corrected chi connectivity index (χ3v) is 3.23. The molecule has 0 radical (unpaired) electrons. The second-order valence-electron chi connectivity index (χ2n) is 4.77. The van der Waals surface area contributed by atoms with Crippen LogP contribution in [-0.4, -0.2) is 13.1 Å². The fourth-order valence-corrected chi connectivity index (χ4v) is 1.86. The minimum Gasteiger partial charge on any atom is -0.371 e. The lowest BCUT2D eigenvalue weighted by molar-refractivity contribution is 0.610. The molecule has 0 aliphatic carbocycles. The van der Waals surface area contributed by atoms with E-state index in [1.54, 1.807) is 13.0 Å². The first-order valence-corrected chi connectivity index (χ1v) is 6.03. The fourth-order valence-electron chi connectivity index (χ4n) is 1.86. The Kier molecular flexibility index (Phi) is 4.69. The van der Waals surface area contributed by atoms with Gasteiger partial charge in [0.1, 0.15) is 5.82 Å². The third kappa shape index (κ3) is 2.99. The van der Waals surface area contributed by atoms with Crippen LogP contribution in [0.25, 0.3) is 0 Å². The Hall–Kier alpha value is -1.60. The predicted molar refractivity (Wildman–Crippen MR) is 71.8 cm³/mol. The minimum atomic E-state index is -0.244. The lowest BCUT2D eigenvalue weighted by Gasteiger charge is -2.29. The number of benzene rings is 1. The van der Waals surface area contributed by atoms with E-state index < -0.39 is 0 Å². The number of nitrogens with two attached hydrogens (primary N) is 1. The maximum absolute atomic E-state index is 13.6. The molecule has 0 saturated heterocycles. The van der Waals surface area contributed by atoms with Gasteiger partial charge < -0.3 is 10.6 Å². The lowest BCUT2D eigenvalue weighted by atomic mass is 10.0. The van der Waals surface area contributed by atoms with E-state index in [4.69, 9.17) is 11.0 Å². The van der Waals surface area contributed by atoms with Crippen molar-refractivity contribution >= 4 is 5.69 Å². The Labute approximate surface area is 108 Å². The van der Waals surface area contributed by atoms with Crippen molar-refractivity contribution in [2.75, 3.05) is 11.9 Å². The van der Waals surface area contributed by atoms with Gasteiger partial charge in [-0.15, -0.1) is 0 Å². The SMILES string of the molecule is Cc1cc(N(C)C(C)CC#N)c([C@@H](C)N)cc1F. The Morgan fingerprint density at radius 3 is 2.56 bits per heavy atom. The Morgan fingerprint density at radius 1 is 1.44 bits per heavy atom. The number of nitriles is 1. The molecule has 0 aromatic heterocycles. The van der Waals surface area contributed by atoms with E-state index in [0.29, 0.717) is 12.0 Å². The molecule has 4 heteroatoms. The topological polar surface area (TPSA) is 53.0 Å². The zero-order valence-corrected chi connectivity index (χ0v) is 11.4. The summed E-state index contributed by atoms with van der Waals surface area (Å²) in [7, 11) is 1.90. The van der Waals surface area contributed by atoms with Crippen molar-refractivity contribution in [1.82, 2.24) is 0 Å². The molecule has 0 aliphatic heterocycles. The van der Waals surface area contributed by atoms with Crippen LogP contribution in [0.2, 0.25) is 0 Å². The quantitative estimate of drug-likeness (QED) is 0.892. The van der Waals surface area contributed by atoms with Gasteiger partial charge >= 0.3 is 0 Å². The van der Waals surface area contributed by atoms with Gasteiger partial charge in [-0.25, -0.2) is 4.39 Å². The molecule has 18 heavy (non-hydrogen) atoms. The molecule has 2 N–H and O–H groups in total. The van der Waals surface area contributed by atoms with Gasteiger partial charge in [0.2, 0.25) is 0 Å². The molecule has 0 amide bonds. The number of rotatable bonds is 4. The smallest absolute Gasteiger partial charge is 0.126 e. The van der Waals surface area contributed by atoms with E-state index >= 15 is 0 Å². The highest BCUT2D eigenvalue weighted by molar-refractivity contribution is 5.57. The van der Waals surface area contributed by atoms with Crippen molar-refractivity contribution in [3.8, 4) is 6.07 Å². The molecule has 0 aliphatic rings. The zero-order chi connectivity index (χ0) is 13.9. The summed E-state index contributed by atoms with van der Waals surface area (Å²) in [5.41, 5.74) is 8.14. The summed E-state index contributed by atoms with van der Waals surface area (Å²) in [6.45, 7) is 5.52. The van der Waals surface area contributed by atoms with Crippen molar-refractivity contribution in [1.29, 1.82) is 5.26 Å². The minimum absolute atomic E-state index is 0.0670. The standard InChI is InChI=1S/C14H20FN3/c1-9-7-14(18(4)10(2)5-6-16)12(11(3)17)8-13(9)15/h7-8,10-11H,5,17H2,1-4H3/t10?,11-/m1/s1. The van der Waals surface area contributed by atoms with Gasteiger partial charge in [0, 0.05) is 24.8 Å². The van der Waals surface area contributed by atoms with Gasteiger partial charge in [-0.05, 0) is 44.0 Å². The summed E-state index contributed by atoms with van der Waals surface area (Å²) in [5, 5.41) is 8.75. The zero-order valence-electron chi connectivity index (χ0n) is 11.4. The normalized spacial score (nSPS) is 13.8. The molecule has 0 saturated carbocycles. The number of nitrogens with zero attached hydrogens (tertiary/aromatic N) is 2. The van der Waals surface area contributed by atoms with Crippen LogP contribution in [0.15, 0.2) is 12.1 Å². The van der Waals surface area contributed by atoms with Gasteiger partial charge in [-0.1, -0.05) is 0 Å². The predicted octanol–water partition coefficient (Wildman–Crippen LogP) is 2.89. The molecule has 1 aromatic rings.